The van der Waals surface area contributed by atoms with Crippen molar-refractivity contribution in [1.29, 1.82) is 0 Å². The highest BCUT2D eigenvalue weighted by Crippen LogP contribution is 2.32. The van der Waals surface area contributed by atoms with Gasteiger partial charge in [0.1, 0.15) is 5.60 Å². The number of hydrogen-bond donors (Lipinski definition) is 3. The maximum absolute atomic E-state index is 11.2. The van der Waals surface area contributed by atoms with Crippen LogP contribution in [0.5, 0.6) is 0 Å². The summed E-state index contributed by atoms with van der Waals surface area (Å²) in [5.41, 5.74) is 0.717. The van der Waals surface area contributed by atoms with E-state index in [1.54, 1.807) is 6.92 Å². The summed E-state index contributed by atoms with van der Waals surface area (Å²) in [6, 6.07) is 0. The predicted molar refractivity (Wildman–Crippen MR) is 49.5 cm³/mol. The van der Waals surface area contributed by atoms with Crippen molar-refractivity contribution in [1.82, 2.24) is 5.43 Å². The molecule has 0 saturated heterocycles. The smallest absolute Gasteiger partial charge is 0.265 e. The molecule has 0 radical (unpaired) electrons. The lowest BCUT2D eigenvalue weighted by atomic mass is 9.77. The van der Waals surface area contributed by atoms with Gasteiger partial charge in [0, 0.05) is 0 Å². The molecule has 0 aromatic carbocycles. The van der Waals surface area contributed by atoms with E-state index in [9.17, 15) is 9.90 Å². The Morgan fingerprint density at radius 2 is 2.00 bits per heavy atom. The Kier molecular flexibility index (Phi) is 3.27. The van der Waals surface area contributed by atoms with Gasteiger partial charge >= 0.3 is 0 Å². The average molecular weight is 186 g/mol. The van der Waals surface area contributed by atoms with E-state index >= 15 is 0 Å². The maximum Gasteiger partial charge on any atom is 0.265 e. The van der Waals surface area contributed by atoms with Gasteiger partial charge in [0.25, 0.3) is 5.91 Å². The molecule has 4 N–H and O–H groups in total. The van der Waals surface area contributed by atoms with Gasteiger partial charge in [-0.05, 0) is 25.7 Å². The molecule has 0 aromatic rings. The minimum atomic E-state index is -1.30. The number of nitrogens with one attached hydrogen (secondary N) is 1. The molecule has 0 aromatic heterocycles. The van der Waals surface area contributed by atoms with E-state index < -0.39 is 11.5 Å². The van der Waals surface area contributed by atoms with Crippen LogP contribution in [-0.2, 0) is 4.79 Å². The zero-order chi connectivity index (χ0) is 9.90. The van der Waals surface area contributed by atoms with Crippen molar-refractivity contribution < 1.29 is 9.90 Å². The van der Waals surface area contributed by atoms with E-state index in [4.69, 9.17) is 5.84 Å². The molecular formula is C9H18N2O2. The number of carbonyl (C=O) groups excluding carboxylic acids is 1. The van der Waals surface area contributed by atoms with Crippen LogP contribution in [0.25, 0.3) is 0 Å². The molecule has 76 valence electrons. The second-order valence-corrected chi connectivity index (χ2v) is 3.96. The summed E-state index contributed by atoms with van der Waals surface area (Å²) >= 11 is 0. The van der Waals surface area contributed by atoms with Crippen LogP contribution in [0.4, 0.5) is 0 Å². The molecule has 1 saturated carbocycles. The van der Waals surface area contributed by atoms with Gasteiger partial charge in [0.05, 0.1) is 0 Å². The molecule has 1 amide bonds. The number of amides is 1. The first-order valence-corrected chi connectivity index (χ1v) is 4.82. The fourth-order valence-corrected chi connectivity index (χ4v) is 2.00. The highest BCUT2D eigenvalue weighted by atomic mass is 16.3. The first kappa shape index (κ1) is 10.5. The fourth-order valence-electron chi connectivity index (χ4n) is 2.00. The maximum atomic E-state index is 11.2. The molecule has 4 nitrogen and oxygen atoms in total. The Bertz CT molecular complexity index is 186. The van der Waals surface area contributed by atoms with Crippen molar-refractivity contribution in [2.24, 2.45) is 11.8 Å². The Morgan fingerprint density at radius 3 is 2.46 bits per heavy atom. The second kappa shape index (κ2) is 4.07. The number of rotatable bonds is 2. The molecule has 1 aliphatic carbocycles. The molecule has 0 aliphatic heterocycles. The minimum absolute atomic E-state index is 0.0600. The van der Waals surface area contributed by atoms with Gasteiger partial charge in [-0.25, -0.2) is 5.84 Å². The van der Waals surface area contributed by atoms with E-state index in [-0.39, 0.29) is 5.92 Å². The largest absolute Gasteiger partial charge is 0.380 e. The molecule has 1 fully saturated rings. The molecule has 0 bridgehead atoms. The van der Waals surface area contributed by atoms with Gasteiger partial charge in [-0.2, -0.15) is 0 Å². The summed E-state index contributed by atoms with van der Waals surface area (Å²) in [6.45, 7) is 1.55. The molecule has 4 heteroatoms. The SMILES string of the molecule is CC(O)(C(=O)NN)C1CCCCC1. The second-order valence-electron chi connectivity index (χ2n) is 3.96. The number of hydrazine groups is 1. The molecule has 1 aliphatic rings. The van der Waals surface area contributed by atoms with Crippen molar-refractivity contribution in [2.45, 2.75) is 44.6 Å². The van der Waals surface area contributed by atoms with Crippen LogP contribution in [-0.4, -0.2) is 16.6 Å². The minimum Gasteiger partial charge on any atom is -0.380 e. The Morgan fingerprint density at radius 1 is 1.46 bits per heavy atom. The molecule has 1 rings (SSSR count). The predicted octanol–water partition coefficient (Wildman–Crippen LogP) is 0.308. The van der Waals surface area contributed by atoms with E-state index in [1.807, 2.05) is 5.43 Å². The molecule has 13 heavy (non-hydrogen) atoms. The fraction of sp³-hybridized carbons (Fsp3) is 0.889. The number of hydrogen-bond acceptors (Lipinski definition) is 3. The topological polar surface area (TPSA) is 75.3 Å². The lowest BCUT2D eigenvalue weighted by Gasteiger charge is -2.33. The number of nitrogens with two attached hydrogens (primary N) is 1. The summed E-state index contributed by atoms with van der Waals surface area (Å²) < 4.78 is 0. The lowest BCUT2D eigenvalue weighted by Crippen LogP contribution is -2.52. The zero-order valence-corrected chi connectivity index (χ0v) is 8.05. The molecule has 0 spiro atoms. The third kappa shape index (κ3) is 2.19. The van der Waals surface area contributed by atoms with Crippen LogP contribution >= 0.6 is 0 Å². The van der Waals surface area contributed by atoms with Crippen LogP contribution in [0.3, 0.4) is 0 Å². The van der Waals surface area contributed by atoms with Crippen LogP contribution in [0.1, 0.15) is 39.0 Å². The summed E-state index contributed by atoms with van der Waals surface area (Å²) in [5, 5.41) is 9.92. The van der Waals surface area contributed by atoms with Gasteiger partial charge in [-0.1, -0.05) is 19.3 Å². The Balaban J connectivity index is 2.60. The van der Waals surface area contributed by atoms with Gasteiger partial charge in [-0.3, -0.25) is 10.2 Å². The van der Waals surface area contributed by atoms with Crippen LogP contribution in [0.15, 0.2) is 0 Å². The third-order valence-corrected chi connectivity index (χ3v) is 2.99. The van der Waals surface area contributed by atoms with Crippen molar-refractivity contribution in [2.75, 3.05) is 0 Å². The monoisotopic (exact) mass is 186 g/mol. The average Bonchev–Trinajstić information content (AvgIpc) is 2.18. The molecule has 0 heterocycles. The summed E-state index contributed by atoms with van der Waals surface area (Å²) in [6.07, 6.45) is 5.23. The van der Waals surface area contributed by atoms with E-state index in [0.29, 0.717) is 0 Å². The van der Waals surface area contributed by atoms with E-state index in [2.05, 4.69) is 0 Å². The van der Waals surface area contributed by atoms with Gasteiger partial charge in [0.2, 0.25) is 0 Å². The summed E-state index contributed by atoms with van der Waals surface area (Å²) in [5.74, 6) is 4.59. The van der Waals surface area contributed by atoms with Crippen molar-refractivity contribution in [3.05, 3.63) is 0 Å². The van der Waals surface area contributed by atoms with Gasteiger partial charge in [0.15, 0.2) is 0 Å². The molecule has 1 unspecified atom stereocenters. The number of carbonyl (C=O) groups is 1. The highest BCUT2D eigenvalue weighted by Gasteiger charge is 2.39. The quantitative estimate of drug-likeness (QED) is 0.330. The van der Waals surface area contributed by atoms with Crippen LogP contribution in [0, 0.1) is 5.92 Å². The van der Waals surface area contributed by atoms with Crippen LogP contribution in [0.2, 0.25) is 0 Å². The third-order valence-electron chi connectivity index (χ3n) is 2.99. The normalized spacial score (nSPS) is 23.6. The first-order chi connectivity index (χ1) is 6.09. The molecular weight excluding hydrogens is 168 g/mol. The molecule has 1 atom stereocenters. The Hall–Kier alpha value is -0.610. The summed E-state index contributed by atoms with van der Waals surface area (Å²) in [4.78, 5) is 11.2. The van der Waals surface area contributed by atoms with Crippen molar-refractivity contribution in [3.63, 3.8) is 0 Å². The van der Waals surface area contributed by atoms with E-state index in [1.165, 1.54) is 6.42 Å². The number of aliphatic hydroxyl groups is 1. The van der Waals surface area contributed by atoms with E-state index in [0.717, 1.165) is 25.7 Å². The van der Waals surface area contributed by atoms with Crippen LogP contribution < -0.4 is 11.3 Å². The first-order valence-electron chi connectivity index (χ1n) is 4.82. The van der Waals surface area contributed by atoms with Crippen molar-refractivity contribution >= 4 is 5.91 Å². The zero-order valence-electron chi connectivity index (χ0n) is 8.05. The highest BCUT2D eigenvalue weighted by molar-refractivity contribution is 5.84. The summed E-state index contributed by atoms with van der Waals surface area (Å²) in [7, 11) is 0. The standard InChI is InChI=1S/C9H18N2O2/c1-9(13,8(12)11-10)7-5-3-2-4-6-7/h7,13H,2-6,10H2,1H3,(H,11,12). The van der Waals surface area contributed by atoms with Gasteiger partial charge < -0.3 is 5.11 Å². The van der Waals surface area contributed by atoms with Gasteiger partial charge in [-0.15, -0.1) is 0 Å². The van der Waals surface area contributed by atoms with Crippen molar-refractivity contribution in [3.8, 4) is 0 Å². The Labute approximate surface area is 78.5 Å². The lowest BCUT2D eigenvalue weighted by molar-refractivity contribution is -0.145.